The zero-order chi connectivity index (χ0) is 21.6. The van der Waals surface area contributed by atoms with Crippen LogP contribution >= 0.6 is 0 Å². The number of nitrogens with one attached hydrogen (secondary N) is 1. The predicted molar refractivity (Wildman–Crippen MR) is 102 cm³/mol. The van der Waals surface area contributed by atoms with Gasteiger partial charge in [0.1, 0.15) is 11.4 Å². The number of carbonyl (C=O) groups is 1. The van der Waals surface area contributed by atoms with Crippen LogP contribution in [0.2, 0.25) is 0 Å². The first-order valence-electron chi connectivity index (χ1n) is 8.84. The van der Waals surface area contributed by atoms with Gasteiger partial charge in [0.15, 0.2) is 11.3 Å². The molecule has 2 heterocycles. The molecule has 1 aromatic carbocycles. The van der Waals surface area contributed by atoms with Crippen molar-refractivity contribution in [3.8, 4) is 5.75 Å². The summed E-state index contributed by atoms with van der Waals surface area (Å²) in [5.41, 5.74) is -0.294. The number of methoxy groups -OCH3 is 1. The molecule has 0 atom stereocenters. The fourth-order valence-electron chi connectivity index (χ4n) is 2.78. The van der Waals surface area contributed by atoms with Crippen LogP contribution in [0.3, 0.4) is 0 Å². The van der Waals surface area contributed by atoms with E-state index in [1.54, 1.807) is 32.9 Å². The molecule has 154 valence electrons. The number of rotatable bonds is 3. The maximum atomic E-state index is 13.6. The van der Waals surface area contributed by atoms with Gasteiger partial charge in [-0.1, -0.05) is 26.8 Å². The lowest BCUT2D eigenvalue weighted by Gasteiger charge is -2.19. The van der Waals surface area contributed by atoms with Crippen molar-refractivity contribution in [2.45, 2.75) is 39.3 Å². The summed E-state index contributed by atoms with van der Waals surface area (Å²) in [4.78, 5) is 16.9. The molecule has 0 bridgehead atoms. The van der Waals surface area contributed by atoms with E-state index in [2.05, 4.69) is 15.4 Å². The molecule has 1 N–H and O–H groups in total. The Kier molecular flexibility index (Phi) is 5.02. The molecule has 0 radical (unpaired) electrons. The van der Waals surface area contributed by atoms with E-state index >= 15 is 0 Å². The number of hydrogen-bond donors (Lipinski definition) is 1. The van der Waals surface area contributed by atoms with Gasteiger partial charge in [0, 0.05) is 11.5 Å². The number of anilines is 1. The van der Waals surface area contributed by atoms with Crippen molar-refractivity contribution in [3.05, 3.63) is 53.0 Å². The second kappa shape index (κ2) is 7.06. The monoisotopic (exact) mass is 406 g/mol. The second-order valence-corrected chi connectivity index (χ2v) is 7.73. The molecule has 0 unspecified atom stereocenters. The maximum absolute atomic E-state index is 13.6. The molecule has 6 nitrogen and oxygen atoms in total. The average Bonchev–Trinajstić information content (AvgIpc) is 3.03. The van der Waals surface area contributed by atoms with E-state index in [0.29, 0.717) is 16.0 Å². The molecule has 0 saturated heterocycles. The first-order chi connectivity index (χ1) is 13.4. The number of aromatic nitrogens is 3. The standard InChI is InChI=1S/C20H21F3N4O2/c1-11-6-7-14(29-5)12(8-11)24-18(28)13-9-17-25-15(19(2,3)4)10-16(20(21,22)23)27(17)26-13/h6-10H,1-5H3,(H,24,28). The highest BCUT2D eigenvalue weighted by Gasteiger charge is 2.36. The molecule has 0 aliphatic carbocycles. The fourth-order valence-corrected chi connectivity index (χ4v) is 2.78. The summed E-state index contributed by atoms with van der Waals surface area (Å²) in [6.45, 7) is 7.13. The summed E-state index contributed by atoms with van der Waals surface area (Å²) < 4.78 is 46.6. The molecular weight excluding hydrogens is 385 g/mol. The van der Waals surface area contributed by atoms with Crippen molar-refractivity contribution < 1.29 is 22.7 Å². The number of nitrogens with zero attached hydrogens (tertiary/aromatic N) is 3. The largest absolute Gasteiger partial charge is 0.495 e. The summed E-state index contributed by atoms with van der Waals surface area (Å²) in [6, 6.07) is 7.40. The molecule has 29 heavy (non-hydrogen) atoms. The van der Waals surface area contributed by atoms with E-state index in [4.69, 9.17) is 4.74 Å². The summed E-state index contributed by atoms with van der Waals surface area (Å²) in [6.07, 6.45) is -4.65. The van der Waals surface area contributed by atoms with E-state index in [9.17, 15) is 18.0 Å². The minimum Gasteiger partial charge on any atom is -0.495 e. The zero-order valence-corrected chi connectivity index (χ0v) is 16.7. The Bertz CT molecular complexity index is 1080. The van der Waals surface area contributed by atoms with Gasteiger partial charge in [0.25, 0.3) is 5.91 Å². The van der Waals surface area contributed by atoms with E-state index < -0.39 is 23.2 Å². The third-order valence-electron chi connectivity index (χ3n) is 4.32. The van der Waals surface area contributed by atoms with Crippen LogP contribution in [-0.2, 0) is 11.6 Å². The Morgan fingerprint density at radius 1 is 1.14 bits per heavy atom. The average molecular weight is 406 g/mol. The molecule has 0 aliphatic rings. The van der Waals surface area contributed by atoms with Crippen molar-refractivity contribution in [2.24, 2.45) is 0 Å². The van der Waals surface area contributed by atoms with Crippen LogP contribution < -0.4 is 10.1 Å². The summed E-state index contributed by atoms with van der Waals surface area (Å²) in [7, 11) is 1.46. The van der Waals surface area contributed by atoms with Crippen LogP contribution in [0.1, 0.15) is 48.2 Å². The third-order valence-corrected chi connectivity index (χ3v) is 4.32. The fraction of sp³-hybridized carbons (Fsp3) is 0.350. The number of hydrogen-bond acceptors (Lipinski definition) is 4. The Morgan fingerprint density at radius 2 is 1.83 bits per heavy atom. The topological polar surface area (TPSA) is 68.5 Å². The van der Waals surface area contributed by atoms with Crippen molar-refractivity contribution in [2.75, 3.05) is 12.4 Å². The Hall–Kier alpha value is -3.10. The van der Waals surface area contributed by atoms with Gasteiger partial charge in [-0.15, -0.1) is 0 Å². The summed E-state index contributed by atoms with van der Waals surface area (Å²) in [5, 5.41) is 6.49. The highest BCUT2D eigenvalue weighted by Crippen LogP contribution is 2.33. The first-order valence-corrected chi connectivity index (χ1v) is 8.84. The number of ether oxygens (including phenoxy) is 1. The van der Waals surface area contributed by atoms with E-state index in [0.717, 1.165) is 11.6 Å². The molecule has 2 aromatic heterocycles. The minimum absolute atomic E-state index is 0.0499. The van der Waals surface area contributed by atoms with Gasteiger partial charge < -0.3 is 10.1 Å². The van der Waals surface area contributed by atoms with E-state index in [-0.39, 0.29) is 17.0 Å². The van der Waals surface area contributed by atoms with Gasteiger partial charge in [-0.05, 0) is 30.7 Å². The van der Waals surface area contributed by atoms with Crippen molar-refractivity contribution in [1.29, 1.82) is 0 Å². The van der Waals surface area contributed by atoms with E-state index in [1.807, 2.05) is 13.0 Å². The van der Waals surface area contributed by atoms with Gasteiger partial charge >= 0.3 is 6.18 Å². The highest BCUT2D eigenvalue weighted by molar-refractivity contribution is 6.04. The van der Waals surface area contributed by atoms with Gasteiger partial charge in [-0.2, -0.15) is 18.3 Å². The number of benzene rings is 1. The molecule has 9 heteroatoms. The number of fused-ring (bicyclic) bond motifs is 1. The highest BCUT2D eigenvalue weighted by atomic mass is 19.4. The molecule has 0 fully saturated rings. The van der Waals surface area contributed by atoms with Crippen LogP contribution in [0, 0.1) is 6.92 Å². The van der Waals surface area contributed by atoms with Crippen LogP contribution in [0.15, 0.2) is 30.3 Å². The van der Waals surface area contributed by atoms with Crippen molar-refractivity contribution >= 4 is 17.2 Å². The van der Waals surface area contributed by atoms with Crippen LogP contribution in [0.4, 0.5) is 18.9 Å². The zero-order valence-electron chi connectivity index (χ0n) is 16.7. The molecular formula is C20H21F3N4O2. The Labute approximate surface area is 165 Å². The molecule has 0 spiro atoms. The summed E-state index contributed by atoms with van der Waals surface area (Å²) >= 11 is 0. The number of halogens is 3. The second-order valence-electron chi connectivity index (χ2n) is 7.73. The van der Waals surface area contributed by atoms with E-state index in [1.165, 1.54) is 13.2 Å². The minimum atomic E-state index is -4.65. The smallest absolute Gasteiger partial charge is 0.433 e. The van der Waals surface area contributed by atoms with Crippen LogP contribution in [0.25, 0.3) is 5.65 Å². The SMILES string of the molecule is COc1ccc(C)cc1NC(=O)c1cc2nc(C(C)(C)C)cc(C(F)(F)F)n2n1. The quantitative estimate of drug-likeness (QED) is 0.690. The molecule has 1 amide bonds. The first kappa shape index (κ1) is 20.6. The number of carbonyl (C=O) groups excluding carboxylic acids is 1. The van der Waals surface area contributed by atoms with Crippen molar-refractivity contribution in [3.63, 3.8) is 0 Å². The summed E-state index contributed by atoms with van der Waals surface area (Å²) in [5.74, 6) is -0.235. The lowest BCUT2D eigenvalue weighted by molar-refractivity contribution is -0.142. The van der Waals surface area contributed by atoms with Crippen molar-refractivity contribution in [1.82, 2.24) is 14.6 Å². The normalized spacial score (nSPS) is 12.3. The Balaban J connectivity index is 2.07. The maximum Gasteiger partial charge on any atom is 0.433 e. The Morgan fingerprint density at radius 3 is 2.41 bits per heavy atom. The van der Waals surface area contributed by atoms with Gasteiger partial charge in [0.2, 0.25) is 0 Å². The van der Waals surface area contributed by atoms with Gasteiger partial charge in [0.05, 0.1) is 18.5 Å². The molecule has 0 saturated carbocycles. The lowest BCUT2D eigenvalue weighted by Crippen LogP contribution is -2.20. The molecule has 3 rings (SSSR count). The van der Waals surface area contributed by atoms with Crippen LogP contribution in [-0.4, -0.2) is 27.6 Å². The number of aryl methyl sites for hydroxylation is 1. The predicted octanol–water partition coefficient (Wildman–Crippen LogP) is 4.61. The van der Waals surface area contributed by atoms with Crippen LogP contribution in [0.5, 0.6) is 5.75 Å². The molecule has 3 aromatic rings. The lowest BCUT2D eigenvalue weighted by atomic mass is 9.91. The third kappa shape index (κ3) is 4.18. The number of alkyl halides is 3. The van der Waals surface area contributed by atoms with Gasteiger partial charge in [-0.25, -0.2) is 9.50 Å². The van der Waals surface area contributed by atoms with Gasteiger partial charge in [-0.3, -0.25) is 4.79 Å². The number of amides is 1. The molecule has 0 aliphatic heterocycles.